The minimum Gasteiger partial charge on any atom is -0.481 e. The monoisotopic (exact) mass is 572 g/mol. The summed E-state index contributed by atoms with van der Waals surface area (Å²) in [5, 5.41) is 20.4. The lowest BCUT2D eigenvalue weighted by atomic mass is 10.0. The minimum atomic E-state index is -1.55. The fourth-order valence-corrected chi connectivity index (χ4v) is 3.29. The van der Waals surface area contributed by atoms with Gasteiger partial charge in [0.1, 0.15) is 24.2 Å². The van der Waals surface area contributed by atoms with Crippen molar-refractivity contribution in [2.75, 3.05) is 7.05 Å². The van der Waals surface area contributed by atoms with Crippen LogP contribution in [-0.2, 0) is 43.2 Å². The quantitative estimate of drug-likeness (QED) is 0.0709. The number of hydrogen-bond acceptors (Lipinski definition) is 9. The first-order chi connectivity index (χ1) is 18.6. The molecule has 0 aliphatic heterocycles. The van der Waals surface area contributed by atoms with Gasteiger partial charge in [-0.05, 0) is 19.3 Å². The van der Waals surface area contributed by atoms with Crippen LogP contribution in [0.5, 0.6) is 0 Å². The molecule has 0 rings (SSSR count). The lowest BCUT2D eigenvalue weighted by Gasteiger charge is -2.26. The summed E-state index contributed by atoms with van der Waals surface area (Å²) >= 11 is 0. The van der Waals surface area contributed by atoms with E-state index in [-0.39, 0.29) is 19.3 Å². The number of likely N-dealkylation sites (N-methyl/N-ethyl adjacent to an activating group) is 1. The average molecular weight is 573 g/mol. The number of hydrogen-bond donors (Lipinski definition) is 9. The standard InChI is InChI=1S/C22H36N8O10/c1-10(31)27-14(9-17(25)34)22(40)30-12(4-7-16(24)33)20(38)29-13(5-8-18(35)36)21(39)28-11(19(37)26-2)3-6-15(23)32/h11-14H,3-9H2,1-2H3,(H2,23,32)(H2,24,33)(H2,25,34)(H,26,37)(H,27,31)(H,28,39)(H,29,38)(H,30,40)(H,35,36)/t11-,12-,13-,14-/m0/s1. The van der Waals surface area contributed by atoms with Gasteiger partial charge in [0, 0.05) is 33.2 Å². The number of carbonyl (C=O) groups excluding carboxylic acids is 8. The maximum absolute atomic E-state index is 13.1. The van der Waals surface area contributed by atoms with Crippen LogP contribution in [0.3, 0.4) is 0 Å². The summed E-state index contributed by atoms with van der Waals surface area (Å²) in [5.41, 5.74) is 15.3. The summed E-state index contributed by atoms with van der Waals surface area (Å²) in [6, 6.07) is -5.81. The molecule has 0 bridgehead atoms. The number of carbonyl (C=O) groups is 9. The lowest BCUT2D eigenvalue weighted by molar-refractivity contribution is -0.139. The van der Waals surface area contributed by atoms with E-state index >= 15 is 0 Å². The Morgan fingerprint density at radius 1 is 0.575 bits per heavy atom. The molecule has 224 valence electrons. The van der Waals surface area contributed by atoms with Crippen LogP contribution in [0.2, 0.25) is 0 Å². The topological polar surface area (TPSA) is 312 Å². The van der Waals surface area contributed by atoms with Gasteiger partial charge in [0.2, 0.25) is 47.3 Å². The molecule has 18 heteroatoms. The van der Waals surface area contributed by atoms with E-state index in [2.05, 4.69) is 26.6 Å². The molecule has 0 saturated heterocycles. The van der Waals surface area contributed by atoms with Crippen LogP contribution in [0.4, 0.5) is 0 Å². The van der Waals surface area contributed by atoms with Gasteiger partial charge < -0.3 is 48.9 Å². The Labute approximate surface area is 228 Å². The lowest BCUT2D eigenvalue weighted by Crippen LogP contribution is -2.58. The zero-order valence-electron chi connectivity index (χ0n) is 22.1. The molecule has 4 atom stereocenters. The van der Waals surface area contributed by atoms with Gasteiger partial charge in [-0.3, -0.25) is 43.2 Å². The van der Waals surface area contributed by atoms with Gasteiger partial charge in [0.15, 0.2) is 0 Å². The molecule has 0 heterocycles. The molecule has 0 aromatic heterocycles. The molecule has 0 spiro atoms. The Morgan fingerprint density at radius 3 is 1.27 bits per heavy atom. The van der Waals surface area contributed by atoms with E-state index in [0.717, 1.165) is 6.92 Å². The van der Waals surface area contributed by atoms with Crippen LogP contribution in [0.25, 0.3) is 0 Å². The molecule has 40 heavy (non-hydrogen) atoms. The van der Waals surface area contributed by atoms with Gasteiger partial charge in [0.05, 0.1) is 6.42 Å². The van der Waals surface area contributed by atoms with Crippen LogP contribution < -0.4 is 43.8 Å². The van der Waals surface area contributed by atoms with Crippen molar-refractivity contribution in [2.45, 2.75) is 76.0 Å². The zero-order valence-corrected chi connectivity index (χ0v) is 22.1. The Balaban J connectivity index is 5.94. The summed E-state index contributed by atoms with van der Waals surface area (Å²) < 4.78 is 0. The summed E-state index contributed by atoms with van der Waals surface area (Å²) in [7, 11) is 1.27. The highest BCUT2D eigenvalue weighted by Crippen LogP contribution is 2.06. The number of carboxylic acids is 1. The fraction of sp³-hybridized carbons (Fsp3) is 0.591. The van der Waals surface area contributed by atoms with E-state index in [9.17, 15) is 43.2 Å². The summed E-state index contributed by atoms with van der Waals surface area (Å²) in [6.45, 7) is 1.07. The number of nitrogens with two attached hydrogens (primary N) is 3. The van der Waals surface area contributed by atoms with Gasteiger partial charge in [-0.25, -0.2) is 0 Å². The molecular weight excluding hydrogens is 536 g/mol. The zero-order chi connectivity index (χ0) is 31.0. The predicted molar refractivity (Wildman–Crippen MR) is 135 cm³/mol. The van der Waals surface area contributed by atoms with Crippen LogP contribution in [0.1, 0.15) is 51.9 Å². The second-order valence-corrected chi connectivity index (χ2v) is 8.66. The third-order valence-electron chi connectivity index (χ3n) is 5.25. The van der Waals surface area contributed by atoms with Gasteiger partial charge in [-0.1, -0.05) is 0 Å². The molecule has 0 aliphatic carbocycles. The van der Waals surface area contributed by atoms with E-state index in [0.29, 0.717) is 0 Å². The number of rotatable bonds is 19. The van der Waals surface area contributed by atoms with Crippen LogP contribution >= 0.6 is 0 Å². The van der Waals surface area contributed by atoms with Gasteiger partial charge >= 0.3 is 5.97 Å². The smallest absolute Gasteiger partial charge is 0.303 e. The number of amides is 8. The molecule has 0 saturated carbocycles. The minimum absolute atomic E-state index is 0.192. The SMILES string of the molecule is CNC(=O)[C@H](CCC(N)=O)NC(=O)[C@H](CCC(=O)O)NC(=O)[C@H](CCC(N)=O)NC(=O)[C@H](CC(N)=O)NC(C)=O. The van der Waals surface area contributed by atoms with Crippen molar-refractivity contribution in [3.63, 3.8) is 0 Å². The summed E-state index contributed by atoms with van der Waals surface area (Å²) in [6.07, 6.45) is -2.90. The van der Waals surface area contributed by atoms with E-state index in [1.54, 1.807) is 0 Å². The van der Waals surface area contributed by atoms with Gasteiger partial charge in [0.25, 0.3) is 0 Å². The molecule has 0 radical (unpaired) electrons. The average Bonchev–Trinajstić information content (AvgIpc) is 2.84. The van der Waals surface area contributed by atoms with E-state index in [1.807, 2.05) is 0 Å². The van der Waals surface area contributed by atoms with Crippen LogP contribution in [0, 0.1) is 0 Å². The van der Waals surface area contributed by atoms with Crippen molar-refractivity contribution in [3.05, 3.63) is 0 Å². The van der Waals surface area contributed by atoms with Gasteiger partial charge in [-0.15, -0.1) is 0 Å². The first-order valence-electron chi connectivity index (χ1n) is 12.0. The molecule has 0 unspecified atom stereocenters. The van der Waals surface area contributed by atoms with E-state index < -0.39 is 103 Å². The summed E-state index contributed by atoms with van der Waals surface area (Å²) in [5.74, 6) is -8.28. The molecule has 18 nitrogen and oxygen atoms in total. The van der Waals surface area contributed by atoms with Crippen molar-refractivity contribution in [2.24, 2.45) is 17.2 Å². The highest BCUT2D eigenvalue weighted by Gasteiger charge is 2.32. The van der Waals surface area contributed by atoms with Crippen LogP contribution in [-0.4, -0.2) is 89.5 Å². The number of primary amides is 3. The third-order valence-corrected chi connectivity index (χ3v) is 5.25. The normalized spacial score (nSPS) is 13.3. The molecule has 0 aliphatic rings. The van der Waals surface area contributed by atoms with Gasteiger partial charge in [-0.2, -0.15) is 0 Å². The Bertz CT molecular complexity index is 986. The van der Waals surface area contributed by atoms with E-state index in [4.69, 9.17) is 22.3 Å². The molecule has 0 fully saturated rings. The Morgan fingerprint density at radius 2 is 0.950 bits per heavy atom. The van der Waals surface area contributed by atoms with Crippen molar-refractivity contribution >= 4 is 53.2 Å². The molecule has 8 amide bonds. The highest BCUT2D eigenvalue weighted by molar-refractivity contribution is 5.97. The molecule has 12 N–H and O–H groups in total. The maximum Gasteiger partial charge on any atom is 0.303 e. The van der Waals surface area contributed by atoms with Crippen LogP contribution in [0.15, 0.2) is 0 Å². The number of carboxylic acid groups (broad SMARTS) is 1. The van der Waals surface area contributed by atoms with Crippen molar-refractivity contribution < 1.29 is 48.3 Å². The largest absolute Gasteiger partial charge is 0.481 e. The molecular formula is C22H36N8O10. The first-order valence-corrected chi connectivity index (χ1v) is 12.0. The molecule has 0 aromatic rings. The number of aliphatic carboxylic acids is 1. The van der Waals surface area contributed by atoms with Crippen molar-refractivity contribution in [1.29, 1.82) is 0 Å². The fourth-order valence-electron chi connectivity index (χ4n) is 3.29. The second-order valence-electron chi connectivity index (χ2n) is 8.66. The third kappa shape index (κ3) is 14.8. The predicted octanol–water partition coefficient (Wildman–Crippen LogP) is -5.04. The Kier molecular flexibility index (Phi) is 15.6. The van der Waals surface area contributed by atoms with Crippen molar-refractivity contribution in [3.8, 4) is 0 Å². The first kappa shape index (κ1) is 35.2. The number of nitrogens with one attached hydrogen (secondary N) is 5. The second kappa shape index (κ2) is 17.7. The summed E-state index contributed by atoms with van der Waals surface area (Å²) in [4.78, 5) is 107. The highest BCUT2D eigenvalue weighted by atomic mass is 16.4. The van der Waals surface area contributed by atoms with Crippen molar-refractivity contribution in [1.82, 2.24) is 26.6 Å². The van der Waals surface area contributed by atoms with E-state index in [1.165, 1.54) is 7.05 Å². The Hall–Kier alpha value is -4.77. The molecule has 0 aromatic carbocycles. The maximum atomic E-state index is 13.1.